The van der Waals surface area contributed by atoms with Crippen LogP contribution >= 0.6 is 0 Å². The van der Waals surface area contributed by atoms with Crippen molar-refractivity contribution in [3.8, 4) is 5.75 Å². The quantitative estimate of drug-likeness (QED) is 0.261. The number of carbonyl (C=O) groups excluding carboxylic acids is 5. The lowest BCUT2D eigenvalue weighted by molar-refractivity contribution is -0.134. The zero-order valence-corrected chi connectivity index (χ0v) is 29.7. The Labute approximate surface area is 293 Å². The molecule has 0 aliphatic carbocycles. The van der Waals surface area contributed by atoms with Crippen LogP contribution in [0.25, 0.3) is 0 Å². The van der Waals surface area contributed by atoms with Gasteiger partial charge in [-0.15, -0.1) is 0 Å². The third-order valence-electron chi connectivity index (χ3n) is 8.00. The number of hydrogen-bond donors (Lipinski definition) is 6. The van der Waals surface area contributed by atoms with E-state index in [-0.39, 0.29) is 61.4 Å². The molecular formula is C35H52N8O7. The normalized spacial score (nSPS) is 20.1. The minimum absolute atomic E-state index is 0.00339. The van der Waals surface area contributed by atoms with Crippen molar-refractivity contribution in [2.45, 2.75) is 90.8 Å². The van der Waals surface area contributed by atoms with E-state index >= 15 is 0 Å². The maximum atomic E-state index is 13.6. The van der Waals surface area contributed by atoms with E-state index in [9.17, 15) is 29.1 Å². The van der Waals surface area contributed by atoms with Gasteiger partial charge in [-0.05, 0) is 68.2 Å². The molecule has 2 bridgehead atoms. The number of rotatable bonds is 5. The summed E-state index contributed by atoms with van der Waals surface area (Å²) in [7, 11) is 0. The molecular weight excluding hydrogens is 644 g/mol. The summed E-state index contributed by atoms with van der Waals surface area (Å²) in [4.78, 5) is 75.6. The first-order chi connectivity index (χ1) is 23.7. The molecule has 50 heavy (non-hydrogen) atoms. The van der Waals surface area contributed by atoms with Crippen LogP contribution in [0, 0.1) is 5.92 Å². The number of anilines is 1. The number of nitrogens with one attached hydrogen (secondary N) is 4. The predicted octanol–water partition coefficient (Wildman–Crippen LogP) is 1.06. The third-order valence-corrected chi connectivity index (χ3v) is 8.00. The summed E-state index contributed by atoms with van der Waals surface area (Å²) < 4.78 is 5.67. The summed E-state index contributed by atoms with van der Waals surface area (Å²) in [6.45, 7) is 10.00. The molecule has 2 aromatic rings. The molecule has 15 heteroatoms. The van der Waals surface area contributed by atoms with Gasteiger partial charge in [-0.1, -0.05) is 39.8 Å². The zero-order valence-electron chi connectivity index (χ0n) is 29.7. The summed E-state index contributed by atoms with van der Waals surface area (Å²) >= 11 is 0. The molecule has 1 aromatic heterocycles. The van der Waals surface area contributed by atoms with E-state index in [4.69, 9.17) is 10.5 Å². The number of hydrogen-bond acceptors (Lipinski definition) is 10. The van der Waals surface area contributed by atoms with Crippen LogP contribution in [0.2, 0.25) is 0 Å². The Morgan fingerprint density at radius 3 is 2.36 bits per heavy atom. The highest BCUT2D eigenvalue weighted by atomic mass is 16.5. The number of nitrogens with two attached hydrogens (primary N) is 1. The number of amides is 5. The Morgan fingerprint density at radius 2 is 1.66 bits per heavy atom. The van der Waals surface area contributed by atoms with E-state index < -0.39 is 35.9 Å². The lowest BCUT2D eigenvalue weighted by Crippen LogP contribution is -2.57. The fraction of sp³-hybridized carbons (Fsp3) is 0.571. The highest BCUT2D eigenvalue weighted by Gasteiger charge is 2.30. The smallest absolute Gasteiger partial charge is 0.272 e. The fourth-order valence-corrected chi connectivity index (χ4v) is 5.35. The van der Waals surface area contributed by atoms with Crippen molar-refractivity contribution in [1.82, 2.24) is 36.1 Å². The predicted molar refractivity (Wildman–Crippen MR) is 187 cm³/mol. The van der Waals surface area contributed by atoms with Crippen LogP contribution in [0.3, 0.4) is 0 Å². The minimum Gasteiger partial charge on any atom is -0.484 e. The van der Waals surface area contributed by atoms with Crippen molar-refractivity contribution < 1.29 is 33.8 Å². The number of aliphatic hydroxyl groups excluding tert-OH is 1. The standard InChI is InChI=1S/C35H52N8O7/c1-21(2)16-27-32(47)42-31(23(5)44)33(48)38-12-6-7-14-43(34(49)28-19-26(22(3)4)40-35(36)41-28)15-9-13-37-30(46)20-50-25-11-8-10-24(17-25)18-29(45)39-27/h8,10-11,17,19,21-23,27,31,44H,6-7,9,12-16,18,20H2,1-5H3,(H,37,46)(H,38,48)(H,39,45)(H,42,47)(H2,36,40,41)/t23-,27-,31+/m1/s1. The second-order valence-corrected chi connectivity index (χ2v) is 13.3. The van der Waals surface area contributed by atoms with E-state index in [1.165, 1.54) is 6.92 Å². The number of carbonyl (C=O) groups is 5. The van der Waals surface area contributed by atoms with Gasteiger partial charge >= 0.3 is 0 Å². The molecule has 0 saturated heterocycles. The number of benzene rings is 1. The number of nitrogen functional groups attached to an aromatic ring is 1. The first kappa shape index (κ1) is 39.6. The topological polar surface area (TPSA) is 218 Å². The lowest BCUT2D eigenvalue weighted by atomic mass is 10.0. The third kappa shape index (κ3) is 12.9. The molecule has 0 radical (unpaired) electrons. The summed E-state index contributed by atoms with van der Waals surface area (Å²) in [5, 5.41) is 21.3. The Hall–Kier alpha value is -4.79. The Bertz CT molecular complexity index is 1480. The van der Waals surface area contributed by atoms with Gasteiger partial charge < -0.3 is 41.7 Å². The largest absolute Gasteiger partial charge is 0.484 e. The average Bonchev–Trinajstić information content (AvgIpc) is 3.05. The van der Waals surface area contributed by atoms with Crippen molar-refractivity contribution in [2.75, 3.05) is 38.5 Å². The van der Waals surface area contributed by atoms with Crippen LogP contribution in [0.4, 0.5) is 5.95 Å². The molecule has 0 saturated carbocycles. The summed E-state index contributed by atoms with van der Waals surface area (Å²) in [6.07, 6.45) is 0.488. The van der Waals surface area contributed by atoms with Crippen molar-refractivity contribution in [3.63, 3.8) is 0 Å². The van der Waals surface area contributed by atoms with Gasteiger partial charge in [0.2, 0.25) is 23.7 Å². The molecule has 1 aliphatic rings. The number of aromatic nitrogens is 2. The molecule has 0 unspecified atom stereocenters. The zero-order chi connectivity index (χ0) is 36.8. The molecule has 1 aromatic carbocycles. The molecule has 2 heterocycles. The van der Waals surface area contributed by atoms with E-state index in [2.05, 4.69) is 31.2 Å². The Kier molecular flexibility index (Phi) is 15.4. The molecule has 15 nitrogen and oxygen atoms in total. The second kappa shape index (κ2) is 19.4. The lowest BCUT2D eigenvalue weighted by Gasteiger charge is -2.26. The van der Waals surface area contributed by atoms with Gasteiger partial charge in [0.15, 0.2) is 6.61 Å². The van der Waals surface area contributed by atoms with Gasteiger partial charge in [0.05, 0.1) is 12.5 Å². The fourth-order valence-electron chi connectivity index (χ4n) is 5.35. The number of fused-ring (bicyclic) bond motifs is 2. The summed E-state index contributed by atoms with van der Waals surface area (Å²) in [5.41, 5.74) is 7.33. The van der Waals surface area contributed by atoms with Crippen LogP contribution in [-0.2, 0) is 25.6 Å². The summed E-state index contributed by atoms with van der Waals surface area (Å²) in [6, 6.07) is 6.18. The molecule has 0 fully saturated rings. The van der Waals surface area contributed by atoms with Crippen molar-refractivity contribution in [2.24, 2.45) is 5.92 Å². The van der Waals surface area contributed by atoms with Crippen LogP contribution in [0.15, 0.2) is 30.3 Å². The molecule has 5 amide bonds. The van der Waals surface area contributed by atoms with Crippen LogP contribution in [0.5, 0.6) is 5.75 Å². The second-order valence-electron chi connectivity index (χ2n) is 13.3. The SMILES string of the molecule is CC(C)C[C@H]1NC(=O)Cc2cccc(c2)OCC(=O)NCCCN(C(=O)c2cc(C(C)C)nc(N)n2)CCCCNC(=O)[C@H]([C@@H](C)O)NC1=O. The van der Waals surface area contributed by atoms with E-state index in [0.717, 1.165) is 0 Å². The molecule has 3 atom stereocenters. The van der Waals surface area contributed by atoms with Crippen molar-refractivity contribution >= 4 is 35.5 Å². The summed E-state index contributed by atoms with van der Waals surface area (Å²) in [5.74, 6) is -1.80. The maximum absolute atomic E-state index is 13.6. The highest BCUT2D eigenvalue weighted by molar-refractivity contribution is 5.93. The van der Waals surface area contributed by atoms with Gasteiger partial charge in [0.25, 0.3) is 11.8 Å². The molecule has 274 valence electrons. The number of aliphatic hydroxyl groups is 1. The first-order valence-corrected chi connectivity index (χ1v) is 17.2. The molecule has 7 N–H and O–H groups in total. The van der Waals surface area contributed by atoms with Gasteiger partial charge in [0.1, 0.15) is 23.5 Å². The monoisotopic (exact) mass is 696 g/mol. The number of ether oxygens (including phenoxy) is 1. The van der Waals surface area contributed by atoms with Crippen molar-refractivity contribution in [1.29, 1.82) is 0 Å². The minimum atomic E-state index is -1.25. The Morgan fingerprint density at radius 1 is 0.940 bits per heavy atom. The molecule has 0 spiro atoms. The number of nitrogens with zero attached hydrogens (tertiary/aromatic N) is 3. The van der Waals surface area contributed by atoms with E-state index in [1.807, 2.05) is 27.7 Å². The van der Waals surface area contributed by atoms with E-state index in [1.54, 1.807) is 35.2 Å². The van der Waals surface area contributed by atoms with Crippen molar-refractivity contribution in [3.05, 3.63) is 47.3 Å². The van der Waals surface area contributed by atoms with Gasteiger partial charge in [-0.2, -0.15) is 0 Å². The van der Waals surface area contributed by atoms with Gasteiger partial charge in [-0.25, -0.2) is 9.97 Å². The van der Waals surface area contributed by atoms with E-state index in [0.29, 0.717) is 55.8 Å². The first-order valence-electron chi connectivity index (χ1n) is 17.2. The van der Waals surface area contributed by atoms with Crippen LogP contribution in [-0.4, -0.2) is 100 Å². The maximum Gasteiger partial charge on any atom is 0.272 e. The highest BCUT2D eigenvalue weighted by Crippen LogP contribution is 2.17. The Balaban J connectivity index is 1.81. The van der Waals surface area contributed by atoms with Gasteiger partial charge in [0, 0.05) is 31.9 Å². The van der Waals surface area contributed by atoms with Crippen LogP contribution in [0.1, 0.15) is 88.0 Å². The molecule has 1 aliphatic heterocycles. The van der Waals surface area contributed by atoms with Crippen LogP contribution < -0.4 is 31.7 Å². The van der Waals surface area contributed by atoms with Gasteiger partial charge in [-0.3, -0.25) is 24.0 Å². The average molecular weight is 697 g/mol. The molecule has 3 rings (SSSR count).